The third kappa shape index (κ3) is 4.99. The topological polar surface area (TPSA) is 47.4 Å². The first-order chi connectivity index (χ1) is 15.1. The second-order valence-electron chi connectivity index (χ2n) is 7.94. The predicted octanol–water partition coefficient (Wildman–Crippen LogP) is 6.10. The Hall–Kier alpha value is -2.24. The molecule has 1 aromatic heterocycles. The molecule has 1 fully saturated rings. The number of rotatable bonds is 7. The van der Waals surface area contributed by atoms with E-state index in [9.17, 15) is 4.79 Å². The molecule has 1 amide bonds. The molecule has 7 heteroatoms. The van der Waals surface area contributed by atoms with E-state index < -0.39 is 0 Å². The van der Waals surface area contributed by atoms with E-state index in [0.717, 1.165) is 30.4 Å². The highest BCUT2D eigenvalue weighted by Gasteiger charge is 2.25. The number of para-hydroxylation sites is 2. The van der Waals surface area contributed by atoms with Gasteiger partial charge in [-0.1, -0.05) is 54.6 Å². The van der Waals surface area contributed by atoms with E-state index in [4.69, 9.17) is 32.9 Å². The van der Waals surface area contributed by atoms with E-state index in [1.807, 2.05) is 33.7 Å². The molecule has 0 atom stereocenters. The van der Waals surface area contributed by atoms with E-state index in [1.54, 1.807) is 18.2 Å². The van der Waals surface area contributed by atoms with Gasteiger partial charge in [-0.15, -0.1) is 0 Å². The van der Waals surface area contributed by atoms with Gasteiger partial charge in [-0.2, -0.15) is 0 Å². The van der Waals surface area contributed by atoms with E-state index in [0.29, 0.717) is 27.7 Å². The summed E-state index contributed by atoms with van der Waals surface area (Å²) >= 11 is 12.2. The number of likely N-dealkylation sites (N-methyl/N-ethyl adjacent to an activating group) is 1. The fraction of sp³-hybridized carbons (Fsp3) is 0.417. The van der Waals surface area contributed by atoms with Gasteiger partial charge in [0.2, 0.25) is 5.91 Å². The molecule has 0 aliphatic heterocycles. The number of carbonyl (C=O) groups excluding carboxylic acids is 1. The first kappa shape index (κ1) is 22.0. The lowest BCUT2D eigenvalue weighted by molar-refractivity contribution is -0.134. The molecule has 1 heterocycles. The van der Waals surface area contributed by atoms with E-state index in [1.165, 1.54) is 19.3 Å². The number of ether oxygens (including phenoxy) is 1. The van der Waals surface area contributed by atoms with Gasteiger partial charge in [-0.25, -0.2) is 4.98 Å². The van der Waals surface area contributed by atoms with Crippen LogP contribution in [0.5, 0.6) is 5.75 Å². The standard InChI is InChI=1S/C24H27Cl2N3O2/c1-2-28(18-8-4-3-5-9-18)24(30)15-29-21-11-7-6-10-20(21)27-23(29)16-31-22-13-12-17(25)14-19(22)26/h6-7,10-14,18H,2-5,8-9,15-16H2,1H3. The SMILES string of the molecule is CCN(C(=O)Cn1c(COc2ccc(Cl)cc2Cl)nc2ccccc21)C1CCCCC1. The van der Waals surface area contributed by atoms with Crippen LogP contribution in [-0.2, 0) is 17.9 Å². The molecule has 0 bridgehead atoms. The summed E-state index contributed by atoms with van der Waals surface area (Å²) in [5.74, 6) is 1.36. The number of halogens is 2. The number of carbonyl (C=O) groups is 1. The van der Waals surface area contributed by atoms with Crippen molar-refractivity contribution in [2.75, 3.05) is 6.54 Å². The zero-order valence-corrected chi connectivity index (χ0v) is 19.2. The average molecular weight is 460 g/mol. The quantitative estimate of drug-likeness (QED) is 0.428. The fourth-order valence-corrected chi connectivity index (χ4v) is 4.87. The molecule has 1 aliphatic carbocycles. The monoisotopic (exact) mass is 459 g/mol. The van der Waals surface area contributed by atoms with Crippen molar-refractivity contribution >= 4 is 40.1 Å². The third-order valence-electron chi connectivity index (χ3n) is 5.95. The molecule has 0 spiro atoms. The Morgan fingerprint density at radius 1 is 1.16 bits per heavy atom. The summed E-state index contributed by atoms with van der Waals surface area (Å²) in [4.78, 5) is 20.1. The molecule has 3 aromatic rings. The summed E-state index contributed by atoms with van der Waals surface area (Å²) in [5, 5.41) is 0.998. The van der Waals surface area contributed by atoms with Gasteiger partial charge in [0, 0.05) is 17.6 Å². The zero-order chi connectivity index (χ0) is 21.8. The van der Waals surface area contributed by atoms with Crippen molar-refractivity contribution < 1.29 is 9.53 Å². The summed E-state index contributed by atoms with van der Waals surface area (Å²) in [5.41, 5.74) is 1.77. The van der Waals surface area contributed by atoms with Gasteiger partial charge in [0.25, 0.3) is 0 Å². The highest BCUT2D eigenvalue weighted by molar-refractivity contribution is 6.35. The van der Waals surface area contributed by atoms with Gasteiger partial charge in [0.15, 0.2) is 0 Å². The Balaban J connectivity index is 1.57. The number of aromatic nitrogens is 2. The molecule has 2 aromatic carbocycles. The van der Waals surface area contributed by atoms with Gasteiger partial charge in [0.05, 0.1) is 16.1 Å². The molecule has 0 saturated heterocycles. The molecule has 0 radical (unpaired) electrons. The molecule has 5 nitrogen and oxygen atoms in total. The molecule has 31 heavy (non-hydrogen) atoms. The molecular formula is C24H27Cl2N3O2. The van der Waals surface area contributed by atoms with Crippen LogP contribution in [0.2, 0.25) is 10.0 Å². The summed E-state index contributed by atoms with van der Waals surface area (Å²) in [6, 6.07) is 13.3. The van der Waals surface area contributed by atoms with Crippen LogP contribution >= 0.6 is 23.2 Å². The third-order valence-corrected chi connectivity index (χ3v) is 6.48. The van der Waals surface area contributed by atoms with Gasteiger partial charge < -0.3 is 14.2 Å². The van der Waals surface area contributed by atoms with Crippen molar-refractivity contribution in [1.82, 2.24) is 14.5 Å². The van der Waals surface area contributed by atoms with Crippen molar-refractivity contribution in [3.8, 4) is 5.75 Å². The number of nitrogens with zero attached hydrogens (tertiary/aromatic N) is 3. The van der Waals surface area contributed by atoms with E-state index in [2.05, 4.69) is 6.92 Å². The maximum absolute atomic E-state index is 13.3. The van der Waals surface area contributed by atoms with Crippen LogP contribution in [0.4, 0.5) is 0 Å². The summed E-state index contributed by atoms with van der Waals surface area (Å²) < 4.78 is 7.90. The minimum absolute atomic E-state index is 0.128. The Morgan fingerprint density at radius 3 is 2.68 bits per heavy atom. The first-order valence-corrected chi connectivity index (χ1v) is 11.6. The predicted molar refractivity (Wildman–Crippen MR) is 125 cm³/mol. The van der Waals surface area contributed by atoms with Gasteiger partial charge >= 0.3 is 0 Å². The first-order valence-electron chi connectivity index (χ1n) is 10.9. The molecule has 4 rings (SSSR count). The molecule has 1 aliphatic rings. The van der Waals surface area contributed by atoms with Crippen molar-refractivity contribution in [2.24, 2.45) is 0 Å². The van der Waals surface area contributed by atoms with Gasteiger partial charge in [-0.05, 0) is 50.1 Å². The van der Waals surface area contributed by atoms with Crippen LogP contribution in [-0.4, -0.2) is 32.9 Å². The van der Waals surface area contributed by atoms with E-state index in [-0.39, 0.29) is 19.1 Å². The highest BCUT2D eigenvalue weighted by atomic mass is 35.5. The molecule has 1 saturated carbocycles. The van der Waals surface area contributed by atoms with Crippen LogP contribution in [0.1, 0.15) is 44.9 Å². The molecule has 0 unspecified atom stereocenters. The Morgan fingerprint density at radius 2 is 1.94 bits per heavy atom. The van der Waals surface area contributed by atoms with Gasteiger partial charge in [0.1, 0.15) is 24.7 Å². The van der Waals surface area contributed by atoms with Crippen molar-refractivity contribution in [3.63, 3.8) is 0 Å². The maximum Gasteiger partial charge on any atom is 0.242 e. The minimum atomic E-state index is 0.128. The number of fused-ring (bicyclic) bond motifs is 1. The Bertz CT molecular complexity index is 1060. The second kappa shape index (κ2) is 9.92. The lowest BCUT2D eigenvalue weighted by atomic mass is 9.94. The minimum Gasteiger partial charge on any atom is -0.484 e. The summed E-state index contributed by atoms with van der Waals surface area (Å²) in [6.45, 7) is 3.24. The van der Waals surface area contributed by atoms with Crippen molar-refractivity contribution in [1.29, 1.82) is 0 Å². The lowest BCUT2D eigenvalue weighted by Crippen LogP contribution is -2.43. The number of benzene rings is 2. The lowest BCUT2D eigenvalue weighted by Gasteiger charge is -2.34. The van der Waals surface area contributed by atoms with Crippen molar-refractivity contribution in [3.05, 3.63) is 58.3 Å². The van der Waals surface area contributed by atoms with Gasteiger partial charge in [-0.3, -0.25) is 4.79 Å². The second-order valence-corrected chi connectivity index (χ2v) is 8.78. The number of imidazole rings is 1. The number of hydrogen-bond donors (Lipinski definition) is 0. The molecular weight excluding hydrogens is 433 g/mol. The largest absolute Gasteiger partial charge is 0.484 e. The number of hydrogen-bond acceptors (Lipinski definition) is 3. The highest BCUT2D eigenvalue weighted by Crippen LogP contribution is 2.29. The Kier molecular flexibility index (Phi) is 7.03. The normalized spacial score (nSPS) is 14.7. The molecule has 0 N–H and O–H groups in total. The van der Waals surface area contributed by atoms with Crippen LogP contribution in [0.15, 0.2) is 42.5 Å². The van der Waals surface area contributed by atoms with Crippen LogP contribution < -0.4 is 4.74 Å². The molecule has 164 valence electrons. The summed E-state index contributed by atoms with van der Waals surface area (Å²) in [7, 11) is 0. The maximum atomic E-state index is 13.3. The van der Waals surface area contributed by atoms with Crippen molar-refractivity contribution in [2.45, 2.75) is 58.2 Å². The van der Waals surface area contributed by atoms with E-state index >= 15 is 0 Å². The van der Waals surface area contributed by atoms with Crippen LogP contribution in [0, 0.1) is 0 Å². The zero-order valence-electron chi connectivity index (χ0n) is 17.7. The number of amides is 1. The van der Waals surface area contributed by atoms with Crippen LogP contribution in [0.3, 0.4) is 0 Å². The average Bonchev–Trinajstić information content (AvgIpc) is 3.12. The van der Waals surface area contributed by atoms with Crippen LogP contribution in [0.25, 0.3) is 11.0 Å². The fourth-order valence-electron chi connectivity index (χ4n) is 4.40. The summed E-state index contributed by atoms with van der Waals surface area (Å²) in [6.07, 6.45) is 5.85. The smallest absolute Gasteiger partial charge is 0.242 e. The Labute approximate surface area is 192 Å².